The van der Waals surface area contributed by atoms with E-state index in [0.717, 1.165) is 37.1 Å². The van der Waals surface area contributed by atoms with Gasteiger partial charge in [-0.15, -0.1) is 0 Å². The molecule has 150 valence electrons. The van der Waals surface area contributed by atoms with E-state index in [1.165, 1.54) is 0 Å². The Balaban J connectivity index is 1.82. The van der Waals surface area contributed by atoms with Gasteiger partial charge in [-0.25, -0.2) is 0 Å². The van der Waals surface area contributed by atoms with E-state index in [2.05, 4.69) is 5.32 Å². The highest BCUT2D eigenvalue weighted by Crippen LogP contribution is 2.39. The number of methoxy groups -OCH3 is 3. The van der Waals surface area contributed by atoms with E-state index in [1.54, 1.807) is 33.5 Å². The van der Waals surface area contributed by atoms with E-state index in [9.17, 15) is 4.79 Å². The molecule has 0 aliphatic carbocycles. The summed E-state index contributed by atoms with van der Waals surface area (Å²) in [5, 5.41) is 3.34. The highest BCUT2D eigenvalue weighted by atomic mass is 16.6. The SMILES string of the molecule is COc1cc(CC(=O)OC2(c3ccccc3)CCNCC2)cc(OC)c1OC. The Morgan fingerprint density at radius 3 is 2.11 bits per heavy atom. The van der Waals surface area contributed by atoms with Crippen LogP contribution in [0.5, 0.6) is 17.2 Å². The van der Waals surface area contributed by atoms with Gasteiger partial charge in [-0.2, -0.15) is 0 Å². The van der Waals surface area contributed by atoms with Crippen LogP contribution in [0.2, 0.25) is 0 Å². The summed E-state index contributed by atoms with van der Waals surface area (Å²) in [5.41, 5.74) is 1.19. The molecule has 1 saturated heterocycles. The molecule has 1 heterocycles. The van der Waals surface area contributed by atoms with Crippen LogP contribution in [0.15, 0.2) is 42.5 Å². The van der Waals surface area contributed by atoms with E-state index in [-0.39, 0.29) is 12.4 Å². The smallest absolute Gasteiger partial charge is 0.311 e. The molecule has 0 bridgehead atoms. The molecule has 3 rings (SSSR count). The Labute approximate surface area is 165 Å². The Morgan fingerprint density at radius 2 is 1.57 bits per heavy atom. The largest absolute Gasteiger partial charge is 0.493 e. The van der Waals surface area contributed by atoms with Crippen molar-refractivity contribution >= 4 is 5.97 Å². The summed E-state index contributed by atoms with van der Waals surface area (Å²) < 4.78 is 22.2. The minimum Gasteiger partial charge on any atom is -0.493 e. The molecule has 1 aliphatic heterocycles. The predicted octanol–water partition coefficient (Wildman–Crippen LogP) is 3.08. The molecule has 0 saturated carbocycles. The van der Waals surface area contributed by atoms with Gasteiger partial charge in [0, 0.05) is 12.8 Å². The minimum atomic E-state index is -0.593. The lowest BCUT2D eigenvalue weighted by Gasteiger charge is -2.37. The number of hydrogen-bond acceptors (Lipinski definition) is 6. The second-order valence-electron chi connectivity index (χ2n) is 6.79. The maximum absolute atomic E-state index is 12.9. The van der Waals surface area contributed by atoms with Crippen LogP contribution in [0.25, 0.3) is 0 Å². The minimum absolute atomic E-state index is 0.124. The van der Waals surface area contributed by atoms with Crippen LogP contribution in [0.3, 0.4) is 0 Å². The molecule has 0 atom stereocenters. The quantitative estimate of drug-likeness (QED) is 0.739. The molecule has 6 heteroatoms. The fraction of sp³-hybridized carbons (Fsp3) is 0.409. The average molecular weight is 385 g/mol. The standard InChI is InChI=1S/C22H27NO5/c1-25-18-13-16(14-19(26-2)21(18)27-3)15-20(24)28-22(9-11-23-12-10-22)17-7-5-4-6-8-17/h4-8,13-14,23H,9-12,15H2,1-3H3. The van der Waals surface area contributed by atoms with E-state index in [0.29, 0.717) is 17.2 Å². The summed E-state index contributed by atoms with van der Waals surface area (Å²) in [6.07, 6.45) is 1.62. The highest BCUT2D eigenvalue weighted by Gasteiger charge is 2.37. The first-order valence-electron chi connectivity index (χ1n) is 9.39. The van der Waals surface area contributed by atoms with Gasteiger partial charge in [0.25, 0.3) is 0 Å². The second-order valence-corrected chi connectivity index (χ2v) is 6.79. The number of ether oxygens (including phenoxy) is 4. The summed E-state index contributed by atoms with van der Waals surface area (Å²) in [7, 11) is 4.66. The molecule has 1 aliphatic rings. The molecule has 0 aromatic heterocycles. The third-order valence-electron chi connectivity index (χ3n) is 5.09. The average Bonchev–Trinajstić information content (AvgIpc) is 2.74. The van der Waals surface area contributed by atoms with Gasteiger partial charge in [0.2, 0.25) is 5.75 Å². The third kappa shape index (κ3) is 4.22. The summed E-state index contributed by atoms with van der Waals surface area (Å²) in [6.45, 7) is 1.62. The first-order chi connectivity index (χ1) is 13.6. The molecule has 0 radical (unpaired) electrons. The van der Waals surface area contributed by atoms with Gasteiger partial charge in [0.1, 0.15) is 5.60 Å². The topological polar surface area (TPSA) is 66.0 Å². The van der Waals surface area contributed by atoms with Crippen molar-refractivity contribution in [3.63, 3.8) is 0 Å². The van der Waals surface area contributed by atoms with Crippen molar-refractivity contribution in [2.45, 2.75) is 24.9 Å². The van der Waals surface area contributed by atoms with Crippen molar-refractivity contribution in [2.75, 3.05) is 34.4 Å². The van der Waals surface area contributed by atoms with Crippen molar-refractivity contribution in [3.8, 4) is 17.2 Å². The van der Waals surface area contributed by atoms with Crippen molar-refractivity contribution < 1.29 is 23.7 Å². The van der Waals surface area contributed by atoms with Gasteiger partial charge in [-0.1, -0.05) is 30.3 Å². The van der Waals surface area contributed by atoms with Crippen LogP contribution in [0.1, 0.15) is 24.0 Å². The van der Waals surface area contributed by atoms with E-state index < -0.39 is 5.60 Å². The summed E-state index contributed by atoms with van der Waals surface area (Å²) in [5.74, 6) is 1.26. The third-order valence-corrected chi connectivity index (χ3v) is 5.09. The highest BCUT2D eigenvalue weighted by molar-refractivity contribution is 5.74. The second kappa shape index (κ2) is 8.97. The van der Waals surface area contributed by atoms with Crippen LogP contribution >= 0.6 is 0 Å². The lowest BCUT2D eigenvalue weighted by molar-refractivity contribution is -0.163. The Morgan fingerprint density at radius 1 is 0.964 bits per heavy atom. The summed E-state index contributed by atoms with van der Waals surface area (Å²) in [4.78, 5) is 12.9. The number of carbonyl (C=O) groups excluding carboxylic acids is 1. The molecule has 2 aromatic rings. The van der Waals surface area contributed by atoms with Crippen LogP contribution in [0, 0.1) is 0 Å². The van der Waals surface area contributed by atoms with Gasteiger partial charge in [-0.3, -0.25) is 4.79 Å². The number of carbonyl (C=O) groups is 1. The lowest BCUT2D eigenvalue weighted by Crippen LogP contribution is -2.43. The van der Waals surface area contributed by atoms with Crippen LogP contribution in [0.4, 0.5) is 0 Å². The van der Waals surface area contributed by atoms with Crippen molar-refractivity contribution in [2.24, 2.45) is 0 Å². The van der Waals surface area contributed by atoms with Crippen LogP contribution < -0.4 is 19.5 Å². The lowest BCUT2D eigenvalue weighted by atomic mass is 9.84. The Hall–Kier alpha value is -2.73. The maximum Gasteiger partial charge on any atom is 0.311 e. The first kappa shape index (κ1) is 20.0. The number of nitrogens with one attached hydrogen (secondary N) is 1. The molecule has 0 spiro atoms. The summed E-state index contributed by atoms with van der Waals surface area (Å²) in [6, 6.07) is 13.5. The number of esters is 1. The van der Waals surface area contributed by atoms with E-state index >= 15 is 0 Å². The molecule has 28 heavy (non-hydrogen) atoms. The van der Waals surface area contributed by atoms with Gasteiger partial charge in [0.15, 0.2) is 11.5 Å². The maximum atomic E-state index is 12.9. The van der Waals surface area contributed by atoms with Gasteiger partial charge in [0.05, 0.1) is 27.8 Å². The van der Waals surface area contributed by atoms with Crippen molar-refractivity contribution in [1.29, 1.82) is 0 Å². The predicted molar refractivity (Wildman–Crippen MR) is 106 cm³/mol. The fourth-order valence-corrected chi connectivity index (χ4v) is 3.68. The van der Waals surface area contributed by atoms with E-state index in [4.69, 9.17) is 18.9 Å². The molecule has 1 N–H and O–H groups in total. The Kier molecular flexibility index (Phi) is 6.41. The van der Waals surface area contributed by atoms with Gasteiger partial charge in [-0.05, 0) is 36.3 Å². The normalized spacial score (nSPS) is 15.5. The van der Waals surface area contributed by atoms with E-state index in [1.807, 2.05) is 30.3 Å². The first-order valence-corrected chi connectivity index (χ1v) is 9.39. The number of piperidine rings is 1. The molecular weight excluding hydrogens is 358 g/mol. The molecule has 0 unspecified atom stereocenters. The number of rotatable bonds is 7. The molecule has 6 nitrogen and oxygen atoms in total. The zero-order valence-corrected chi connectivity index (χ0v) is 16.6. The molecular formula is C22H27NO5. The zero-order chi connectivity index (χ0) is 20.0. The number of benzene rings is 2. The molecule has 2 aromatic carbocycles. The van der Waals surface area contributed by atoms with Gasteiger partial charge >= 0.3 is 5.97 Å². The zero-order valence-electron chi connectivity index (χ0n) is 16.6. The summed E-state index contributed by atoms with van der Waals surface area (Å²) >= 11 is 0. The monoisotopic (exact) mass is 385 g/mol. The van der Waals surface area contributed by atoms with Crippen molar-refractivity contribution in [3.05, 3.63) is 53.6 Å². The molecule has 0 amide bonds. The Bertz CT molecular complexity index is 775. The number of hydrogen-bond donors (Lipinski definition) is 1. The van der Waals surface area contributed by atoms with Crippen LogP contribution in [-0.4, -0.2) is 40.4 Å². The molecule has 1 fully saturated rings. The van der Waals surface area contributed by atoms with Gasteiger partial charge < -0.3 is 24.3 Å². The van der Waals surface area contributed by atoms with Crippen molar-refractivity contribution in [1.82, 2.24) is 5.32 Å². The fourth-order valence-electron chi connectivity index (χ4n) is 3.68. The van der Waals surface area contributed by atoms with Crippen LogP contribution in [-0.2, 0) is 21.6 Å².